The SMILES string of the molecule is Bc1cc2c(NC3CCC3)ncnc2cc1OCc1cccc(S(C)(=O)=O)c1. The molecule has 0 unspecified atom stereocenters. The largest absolute Gasteiger partial charge is 0.489 e. The average Bonchev–Trinajstić information content (AvgIpc) is 2.63. The Bertz CT molecular complexity index is 1130. The van der Waals surface area contributed by atoms with Gasteiger partial charge in [-0.05, 0) is 42.4 Å². The van der Waals surface area contributed by atoms with Crippen LogP contribution in [0.3, 0.4) is 0 Å². The number of fused-ring (bicyclic) bond motifs is 1. The summed E-state index contributed by atoms with van der Waals surface area (Å²) in [4.78, 5) is 9.09. The summed E-state index contributed by atoms with van der Waals surface area (Å²) in [7, 11) is -1.25. The van der Waals surface area contributed by atoms with Gasteiger partial charge in [0.25, 0.3) is 0 Å². The Balaban J connectivity index is 1.57. The van der Waals surface area contributed by atoms with Crippen LogP contribution in [-0.2, 0) is 16.4 Å². The van der Waals surface area contributed by atoms with Crippen molar-refractivity contribution in [1.29, 1.82) is 0 Å². The monoisotopic (exact) mass is 395 g/mol. The van der Waals surface area contributed by atoms with Crippen LogP contribution in [0.2, 0.25) is 0 Å². The fraction of sp³-hybridized carbons (Fsp3) is 0.300. The summed E-state index contributed by atoms with van der Waals surface area (Å²) in [5, 5.41) is 4.48. The van der Waals surface area contributed by atoms with E-state index >= 15 is 0 Å². The Morgan fingerprint density at radius 2 is 2.04 bits per heavy atom. The summed E-state index contributed by atoms with van der Waals surface area (Å²) in [5.41, 5.74) is 2.61. The van der Waals surface area contributed by atoms with E-state index in [-0.39, 0.29) is 6.61 Å². The summed E-state index contributed by atoms with van der Waals surface area (Å²) < 4.78 is 29.4. The molecule has 1 N–H and O–H groups in total. The van der Waals surface area contributed by atoms with Gasteiger partial charge < -0.3 is 10.1 Å². The molecule has 0 atom stereocenters. The standard InChI is InChI=1S/C20H22BN3O3S/c1-28(25,26)15-7-2-4-13(8-15)11-27-19-10-18-16(9-17(19)21)20(23-12-22-18)24-14-5-3-6-14/h2,4,7-10,12,14H,3,5-6,11,21H2,1H3,(H,22,23,24). The van der Waals surface area contributed by atoms with Gasteiger partial charge in [0, 0.05) is 23.8 Å². The molecule has 6 nitrogen and oxygen atoms in total. The minimum Gasteiger partial charge on any atom is -0.489 e. The third kappa shape index (κ3) is 3.97. The summed E-state index contributed by atoms with van der Waals surface area (Å²) in [6.45, 7) is 0.286. The third-order valence-electron chi connectivity index (χ3n) is 5.10. The summed E-state index contributed by atoms with van der Waals surface area (Å²) in [6, 6.07) is 11.3. The molecule has 8 heteroatoms. The molecule has 144 valence electrons. The van der Waals surface area contributed by atoms with E-state index in [9.17, 15) is 8.42 Å². The lowest BCUT2D eigenvalue weighted by atomic mass is 9.92. The van der Waals surface area contributed by atoms with E-state index in [1.165, 1.54) is 25.5 Å². The fourth-order valence-corrected chi connectivity index (χ4v) is 3.93. The first-order valence-electron chi connectivity index (χ1n) is 9.34. The molecular formula is C20H22BN3O3S. The third-order valence-corrected chi connectivity index (χ3v) is 6.21. The van der Waals surface area contributed by atoms with Crippen LogP contribution >= 0.6 is 0 Å². The van der Waals surface area contributed by atoms with Crippen molar-refractivity contribution >= 4 is 39.9 Å². The quantitative estimate of drug-likeness (QED) is 0.642. The van der Waals surface area contributed by atoms with Gasteiger partial charge in [0.05, 0.1) is 10.4 Å². The number of nitrogens with one attached hydrogen (secondary N) is 1. The first-order chi connectivity index (χ1) is 13.4. The maximum absolute atomic E-state index is 11.7. The second-order valence-electron chi connectivity index (χ2n) is 7.34. The van der Waals surface area contributed by atoms with Crippen molar-refractivity contribution in [2.45, 2.75) is 36.8 Å². The number of ether oxygens (including phenoxy) is 1. The topological polar surface area (TPSA) is 81.2 Å². The number of hydrogen-bond donors (Lipinski definition) is 1. The van der Waals surface area contributed by atoms with Crippen LogP contribution in [0.25, 0.3) is 10.9 Å². The minimum atomic E-state index is -3.24. The molecular weight excluding hydrogens is 373 g/mol. The summed E-state index contributed by atoms with van der Waals surface area (Å²) in [5.74, 6) is 1.59. The molecule has 1 aromatic heterocycles. The van der Waals surface area contributed by atoms with Crippen molar-refractivity contribution in [3.05, 3.63) is 48.3 Å². The van der Waals surface area contributed by atoms with Crippen LogP contribution in [0, 0.1) is 0 Å². The molecule has 0 bridgehead atoms. The highest BCUT2D eigenvalue weighted by atomic mass is 32.2. The molecule has 1 heterocycles. The van der Waals surface area contributed by atoms with Crippen molar-refractivity contribution in [2.75, 3.05) is 11.6 Å². The molecule has 28 heavy (non-hydrogen) atoms. The van der Waals surface area contributed by atoms with Gasteiger partial charge >= 0.3 is 0 Å². The van der Waals surface area contributed by atoms with E-state index in [1.54, 1.807) is 24.5 Å². The average molecular weight is 395 g/mol. The molecule has 0 aliphatic heterocycles. The number of hydrogen-bond acceptors (Lipinski definition) is 6. The number of benzene rings is 2. The predicted molar refractivity (Wildman–Crippen MR) is 113 cm³/mol. The lowest BCUT2D eigenvalue weighted by Gasteiger charge is -2.27. The van der Waals surface area contributed by atoms with Crippen LogP contribution in [0.4, 0.5) is 5.82 Å². The van der Waals surface area contributed by atoms with Gasteiger partial charge in [0.1, 0.15) is 32.3 Å². The second kappa shape index (κ2) is 7.43. The van der Waals surface area contributed by atoms with Gasteiger partial charge in [-0.25, -0.2) is 18.4 Å². The van der Waals surface area contributed by atoms with E-state index in [0.717, 1.165) is 33.5 Å². The Kier molecular flexibility index (Phi) is 4.97. The van der Waals surface area contributed by atoms with Crippen molar-refractivity contribution < 1.29 is 13.2 Å². The first-order valence-corrected chi connectivity index (χ1v) is 11.2. The van der Waals surface area contributed by atoms with Gasteiger partial charge in [-0.3, -0.25) is 0 Å². The normalized spacial score (nSPS) is 14.6. The fourth-order valence-electron chi connectivity index (χ4n) is 3.24. The second-order valence-corrected chi connectivity index (χ2v) is 9.35. The predicted octanol–water partition coefficient (Wildman–Crippen LogP) is 1.84. The highest BCUT2D eigenvalue weighted by Gasteiger charge is 2.19. The molecule has 0 radical (unpaired) electrons. The molecule has 2 aromatic carbocycles. The molecule has 0 spiro atoms. The Morgan fingerprint density at radius 3 is 2.75 bits per heavy atom. The van der Waals surface area contributed by atoms with Crippen LogP contribution in [0.5, 0.6) is 5.75 Å². The van der Waals surface area contributed by atoms with E-state index in [2.05, 4.69) is 15.3 Å². The van der Waals surface area contributed by atoms with E-state index in [4.69, 9.17) is 4.74 Å². The van der Waals surface area contributed by atoms with Crippen molar-refractivity contribution in [3.8, 4) is 5.75 Å². The van der Waals surface area contributed by atoms with Crippen LogP contribution in [0.1, 0.15) is 24.8 Å². The van der Waals surface area contributed by atoms with E-state index < -0.39 is 9.84 Å². The van der Waals surface area contributed by atoms with Gasteiger partial charge in [0.15, 0.2) is 9.84 Å². The lowest BCUT2D eigenvalue weighted by molar-refractivity contribution is 0.309. The molecule has 4 rings (SSSR count). The lowest BCUT2D eigenvalue weighted by Crippen LogP contribution is -2.27. The Hall–Kier alpha value is -2.61. The summed E-state index contributed by atoms with van der Waals surface area (Å²) in [6.07, 6.45) is 6.39. The molecule has 1 aliphatic rings. The zero-order chi connectivity index (χ0) is 19.7. The van der Waals surface area contributed by atoms with Crippen LogP contribution < -0.4 is 15.5 Å². The Labute approximate surface area is 165 Å². The smallest absolute Gasteiger partial charge is 0.175 e. The maximum Gasteiger partial charge on any atom is 0.175 e. The first kappa shape index (κ1) is 18.7. The maximum atomic E-state index is 11.7. The highest BCUT2D eigenvalue weighted by Crippen LogP contribution is 2.27. The number of aromatic nitrogens is 2. The highest BCUT2D eigenvalue weighted by molar-refractivity contribution is 7.90. The van der Waals surface area contributed by atoms with Gasteiger partial charge in [-0.2, -0.15) is 0 Å². The molecule has 0 saturated heterocycles. The summed E-state index contributed by atoms with van der Waals surface area (Å²) >= 11 is 0. The van der Waals surface area contributed by atoms with Crippen molar-refractivity contribution in [1.82, 2.24) is 9.97 Å². The van der Waals surface area contributed by atoms with Gasteiger partial charge in [-0.15, -0.1) is 0 Å². The van der Waals surface area contributed by atoms with Gasteiger partial charge in [-0.1, -0.05) is 18.2 Å². The molecule has 1 fully saturated rings. The minimum absolute atomic E-state index is 0.286. The zero-order valence-corrected chi connectivity index (χ0v) is 16.8. The van der Waals surface area contributed by atoms with Gasteiger partial charge in [0.2, 0.25) is 0 Å². The van der Waals surface area contributed by atoms with Crippen LogP contribution in [0.15, 0.2) is 47.6 Å². The number of nitrogens with zero attached hydrogens (tertiary/aromatic N) is 2. The zero-order valence-electron chi connectivity index (χ0n) is 16.0. The molecule has 0 amide bonds. The van der Waals surface area contributed by atoms with Crippen molar-refractivity contribution in [2.24, 2.45) is 0 Å². The molecule has 1 aliphatic carbocycles. The molecule has 3 aromatic rings. The van der Waals surface area contributed by atoms with Crippen LogP contribution in [-0.4, -0.2) is 38.5 Å². The number of rotatable bonds is 6. The molecule has 1 saturated carbocycles. The van der Waals surface area contributed by atoms with Crippen molar-refractivity contribution in [3.63, 3.8) is 0 Å². The van der Waals surface area contributed by atoms with E-state index in [1.807, 2.05) is 26.0 Å². The number of anilines is 1. The van der Waals surface area contributed by atoms with E-state index in [0.29, 0.717) is 10.9 Å². The number of sulfone groups is 1. The Morgan fingerprint density at radius 1 is 1.21 bits per heavy atom.